The van der Waals surface area contributed by atoms with E-state index in [0.717, 1.165) is 6.26 Å². The molecule has 26 heavy (non-hydrogen) atoms. The van der Waals surface area contributed by atoms with E-state index in [2.05, 4.69) is 4.72 Å². The van der Waals surface area contributed by atoms with Crippen LogP contribution in [0, 0.1) is 0 Å². The van der Waals surface area contributed by atoms with Gasteiger partial charge in [-0.05, 0) is 49.4 Å². The van der Waals surface area contributed by atoms with Gasteiger partial charge in [0, 0.05) is 17.9 Å². The molecule has 9 heteroatoms. The predicted molar refractivity (Wildman–Crippen MR) is 97.8 cm³/mol. The van der Waals surface area contributed by atoms with E-state index in [9.17, 15) is 16.8 Å². The van der Waals surface area contributed by atoms with Crippen LogP contribution in [-0.4, -0.2) is 37.3 Å². The summed E-state index contributed by atoms with van der Waals surface area (Å²) in [6.45, 7) is 1.68. The summed E-state index contributed by atoms with van der Waals surface area (Å²) in [5, 5.41) is 0. The van der Waals surface area contributed by atoms with Crippen molar-refractivity contribution in [2.45, 2.75) is 22.8 Å². The molecule has 1 N–H and O–H groups in total. The molecule has 0 fully saturated rings. The van der Waals surface area contributed by atoms with E-state index in [1.165, 1.54) is 38.5 Å². The molecule has 0 heterocycles. The molecule has 0 aliphatic heterocycles. The molecule has 1 atom stereocenters. The minimum atomic E-state index is -3.86. The maximum absolute atomic E-state index is 12.6. The van der Waals surface area contributed by atoms with E-state index < -0.39 is 25.9 Å². The van der Waals surface area contributed by atoms with Gasteiger partial charge in [-0.1, -0.05) is 0 Å². The molecule has 0 aliphatic carbocycles. The average molecular weight is 399 g/mol. The molecular formula is C17H21NO6S2. The minimum Gasteiger partial charge on any atom is -0.497 e. The van der Waals surface area contributed by atoms with Crippen molar-refractivity contribution in [2.75, 3.05) is 20.5 Å². The van der Waals surface area contributed by atoms with Crippen molar-refractivity contribution >= 4 is 19.9 Å². The van der Waals surface area contributed by atoms with Crippen molar-refractivity contribution in [3.8, 4) is 11.5 Å². The smallest absolute Gasteiger partial charge is 0.241 e. The Balaban J connectivity index is 2.32. The molecule has 0 unspecified atom stereocenters. The second-order valence-electron chi connectivity index (χ2n) is 5.69. The highest BCUT2D eigenvalue weighted by Gasteiger charge is 2.21. The highest BCUT2D eigenvalue weighted by molar-refractivity contribution is 7.90. The second kappa shape index (κ2) is 7.65. The van der Waals surface area contributed by atoms with Crippen molar-refractivity contribution < 1.29 is 26.3 Å². The zero-order valence-corrected chi connectivity index (χ0v) is 16.5. The van der Waals surface area contributed by atoms with E-state index in [1.54, 1.807) is 25.1 Å². The molecule has 0 radical (unpaired) electrons. The molecular weight excluding hydrogens is 378 g/mol. The Bertz CT molecular complexity index is 982. The number of benzene rings is 2. The number of rotatable bonds is 7. The Kier molecular flexibility index (Phi) is 5.94. The van der Waals surface area contributed by atoms with E-state index in [1.807, 2.05) is 0 Å². The van der Waals surface area contributed by atoms with Crippen LogP contribution in [0.3, 0.4) is 0 Å². The molecule has 2 aromatic carbocycles. The lowest BCUT2D eigenvalue weighted by Gasteiger charge is -2.18. The Labute approximate surface area is 153 Å². The Morgan fingerprint density at radius 1 is 0.885 bits per heavy atom. The van der Waals surface area contributed by atoms with Crippen LogP contribution in [0.4, 0.5) is 0 Å². The second-order valence-corrected chi connectivity index (χ2v) is 9.42. The van der Waals surface area contributed by atoms with Crippen LogP contribution in [0.1, 0.15) is 18.5 Å². The third-order valence-corrected chi connectivity index (χ3v) is 6.48. The van der Waals surface area contributed by atoms with Gasteiger partial charge in [0.2, 0.25) is 10.0 Å². The SMILES string of the molecule is COc1ccc(OC)c([C@@H](C)NS(=O)(=O)c2ccc(S(C)(=O)=O)cc2)c1. The topological polar surface area (TPSA) is 98.8 Å². The number of methoxy groups -OCH3 is 2. The lowest BCUT2D eigenvalue weighted by molar-refractivity contribution is 0.395. The van der Waals surface area contributed by atoms with Gasteiger partial charge in [0.15, 0.2) is 9.84 Å². The summed E-state index contributed by atoms with van der Waals surface area (Å²) in [5.41, 5.74) is 0.614. The van der Waals surface area contributed by atoms with E-state index in [0.29, 0.717) is 17.1 Å². The van der Waals surface area contributed by atoms with Crippen molar-refractivity contribution in [3.05, 3.63) is 48.0 Å². The lowest BCUT2D eigenvalue weighted by atomic mass is 10.1. The van der Waals surface area contributed by atoms with Crippen LogP contribution in [0.2, 0.25) is 0 Å². The van der Waals surface area contributed by atoms with Crippen LogP contribution in [0.25, 0.3) is 0 Å². The molecule has 2 rings (SSSR count). The molecule has 142 valence electrons. The first-order chi connectivity index (χ1) is 12.1. The lowest BCUT2D eigenvalue weighted by Crippen LogP contribution is -2.27. The fourth-order valence-corrected chi connectivity index (χ4v) is 4.26. The summed E-state index contributed by atoms with van der Waals surface area (Å²) in [4.78, 5) is 0.0255. The molecule has 0 amide bonds. The highest BCUT2D eigenvalue weighted by atomic mass is 32.2. The summed E-state index contributed by atoms with van der Waals surface area (Å²) < 4.78 is 61.2. The van der Waals surface area contributed by atoms with E-state index in [-0.39, 0.29) is 9.79 Å². The van der Waals surface area contributed by atoms with Crippen LogP contribution in [0.15, 0.2) is 52.3 Å². The fraction of sp³-hybridized carbons (Fsp3) is 0.294. The molecule has 2 aromatic rings. The van der Waals surface area contributed by atoms with Gasteiger partial charge >= 0.3 is 0 Å². The van der Waals surface area contributed by atoms with Gasteiger partial charge < -0.3 is 9.47 Å². The molecule has 0 aliphatic rings. The third kappa shape index (κ3) is 4.54. The van der Waals surface area contributed by atoms with E-state index in [4.69, 9.17) is 9.47 Å². The van der Waals surface area contributed by atoms with Crippen LogP contribution in [0.5, 0.6) is 11.5 Å². The van der Waals surface area contributed by atoms with Gasteiger partial charge in [0.05, 0.1) is 24.0 Å². The molecule has 7 nitrogen and oxygen atoms in total. The largest absolute Gasteiger partial charge is 0.497 e. The van der Waals surface area contributed by atoms with E-state index >= 15 is 0 Å². The number of hydrogen-bond acceptors (Lipinski definition) is 6. The standard InChI is InChI=1S/C17H21NO6S2/c1-12(16-11-13(23-2)5-10-17(16)24-3)18-26(21,22)15-8-6-14(7-9-15)25(4,19)20/h5-12,18H,1-4H3/t12-/m1/s1. The highest BCUT2D eigenvalue weighted by Crippen LogP contribution is 2.30. The number of ether oxygens (including phenoxy) is 2. The Hall–Kier alpha value is -2.10. The molecule has 0 saturated heterocycles. The zero-order chi connectivity index (χ0) is 19.5. The predicted octanol–water partition coefficient (Wildman–Crippen LogP) is 2.15. The van der Waals surface area contributed by atoms with Crippen molar-refractivity contribution in [1.82, 2.24) is 4.72 Å². The van der Waals surface area contributed by atoms with Crippen LogP contribution >= 0.6 is 0 Å². The third-order valence-electron chi connectivity index (χ3n) is 3.80. The number of sulfonamides is 1. The first-order valence-electron chi connectivity index (χ1n) is 7.63. The Morgan fingerprint density at radius 2 is 1.46 bits per heavy atom. The maximum atomic E-state index is 12.6. The van der Waals surface area contributed by atoms with Gasteiger partial charge in [0.1, 0.15) is 11.5 Å². The van der Waals surface area contributed by atoms with Gasteiger partial charge in [-0.3, -0.25) is 0 Å². The molecule has 0 aromatic heterocycles. The fourth-order valence-electron chi connectivity index (χ4n) is 2.41. The first-order valence-corrected chi connectivity index (χ1v) is 11.0. The number of hydrogen-bond donors (Lipinski definition) is 1. The van der Waals surface area contributed by atoms with Crippen LogP contribution < -0.4 is 14.2 Å². The average Bonchev–Trinajstić information content (AvgIpc) is 2.60. The molecule has 0 saturated carbocycles. The summed E-state index contributed by atoms with van der Waals surface area (Å²) in [6, 6.07) is 9.55. The van der Waals surface area contributed by atoms with Gasteiger partial charge in [-0.15, -0.1) is 0 Å². The van der Waals surface area contributed by atoms with Crippen molar-refractivity contribution in [2.24, 2.45) is 0 Å². The van der Waals surface area contributed by atoms with Crippen molar-refractivity contribution in [3.63, 3.8) is 0 Å². The number of sulfone groups is 1. The quantitative estimate of drug-likeness (QED) is 0.766. The molecule has 0 bridgehead atoms. The summed E-state index contributed by atoms with van der Waals surface area (Å²) in [6.07, 6.45) is 1.06. The summed E-state index contributed by atoms with van der Waals surface area (Å²) >= 11 is 0. The van der Waals surface area contributed by atoms with Crippen molar-refractivity contribution in [1.29, 1.82) is 0 Å². The van der Waals surface area contributed by atoms with Gasteiger partial charge in [0.25, 0.3) is 0 Å². The van der Waals surface area contributed by atoms with Crippen LogP contribution in [-0.2, 0) is 19.9 Å². The van der Waals surface area contributed by atoms with Gasteiger partial charge in [-0.25, -0.2) is 21.6 Å². The van der Waals surface area contributed by atoms with Gasteiger partial charge in [-0.2, -0.15) is 0 Å². The zero-order valence-electron chi connectivity index (χ0n) is 14.9. The minimum absolute atomic E-state index is 0.0291. The number of nitrogens with one attached hydrogen (secondary N) is 1. The molecule has 0 spiro atoms. The summed E-state index contributed by atoms with van der Waals surface area (Å²) in [7, 11) is -4.24. The Morgan fingerprint density at radius 3 is 1.96 bits per heavy atom. The normalized spacial score (nSPS) is 13.2. The monoisotopic (exact) mass is 399 g/mol. The first kappa shape index (κ1) is 20.2. The summed E-state index contributed by atoms with van der Waals surface area (Å²) in [5.74, 6) is 1.10. The maximum Gasteiger partial charge on any atom is 0.241 e.